The zero-order valence-corrected chi connectivity index (χ0v) is 13.5. The lowest BCUT2D eigenvalue weighted by Gasteiger charge is -1.99. The summed E-state index contributed by atoms with van der Waals surface area (Å²) in [6.07, 6.45) is 0. The van der Waals surface area contributed by atoms with E-state index in [1.807, 2.05) is 24.3 Å². The van der Waals surface area contributed by atoms with Gasteiger partial charge in [-0.2, -0.15) is 0 Å². The molecule has 0 aliphatic heterocycles. The molecule has 1 aromatic heterocycles. The topological polar surface area (TPSA) is 38.9 Å². The van der Waals surface area contributed by atoms with Crippen molar-refractivity contribution in [1.29, 1.82) is 0 Å². The lowest BCUT2D eigenvalue weighted by Crippen LogP contribution is -1.85. The number of aromatic nitrogens is 2. The van der Waals surface area contributed by atoms with E-state index in [1.54, 1.807) is 0 Å². The fourth-order valence-corrected chi connectivity index (χ4v) is 2.92. The average molecular weight is 383 g/mol. The van der Waals surface area contributed by atoms with Crippen molar-refractivity contribution in [3.63, 3.8) is 0 Å². The summed E-state index contributed by atoms with van der Waals surface area (Å²) in [6.45, 7) is 0. The minimum atomic E-state index is -0.870. The quantitative estimate of drug-likeness (QED) is 0.590. The van der Waals surface area contributed by atoms with E-state index < -0.39 is 11.6 Å². The number of hydrogen-bond acceptors (Lipinski definition) is 4. The van der Waals surface area contributed by atoms with Crippen LogP contribution < -0.4 is 0 Å². The Balaban J connectivity index is 1.70. The van der Waals surface area contributed by atoms with Crippen LogP contribution in [0.3, 0.4) is 0 Å². The minimum Gasteiger partial charge on any atom is -0.420 e. The Bertz CT molecular complexity index is 810. The van der Waals surface area contributed by atoms with Gasteiger partial charge in [0.15, 0.2) is 11.6 Å². The normalized spacial score (nSPS) is 10.9. The summed E-state index contributed by atoms with van der Waals surface area (Å²) in [7, 11) is 0. The molecule has 0 radical (unpaired) electrons. The van der Waals surface area contributed by atoms with E-state index in [0.717, 1.165) is 22.2 Å². The van der Waals surface area contributed by atoms with Crippen molar-refractivity contribution in [2.24, 2.45) is 0 Å². The maximum absolute atomic E-state index is 13.1. The number of rotatable bonds is 4. The van der Waals surface area contributed by atoms with Gasteiger partial charge < -0.3 is 4.42 Å². The molecule has 0 atom stereocenters. The third-order valence-electron chi connectivity index (χ3n) is 2.79. The molecule has 3 rings (SSSR count). The van der Waals surface area contributed by atoms with Crippen molar-refractivity contribution >= 4 is 27.7 Å². The van der Waals surface area contributed by atoms with Gasteiger partial charge in [0.1, 0.15) is 0 Å². The Morgan fingerprint density at radius 1 is 1.05 bits per heavy atom. The van der Waals surface area contributed by atoms with Crippen LogP contribution in [-0.2, 0) is 5.75 Å². The van der Waals surface area contributed by atoms with Crippen LogP contribution in [0.4, 0.5) is 8.78 Å². The Kier molecular flexibility index (Phi) is 4.54. The zero-order chi connectivity index (χ0) is 15.5. The molecule has 22 heavy (non-hydrogen) atoms. The molecular formula is C15H9BrF2N2OS. The first kappa shape index (κ1) is 15.2. The molecule has 112 valence electrons. The largest absolute Gasteiger partial charge is 0.420 e. The minimum absolute atomic E-state index is 0.381. The maximum atomic E-state index is 13.1. The Morgan fingerprint density at radius 3 is 2.68 bits per heavy atom. The molecule has 0 saturated heterocycles. The molecule has 2 aromatic carbocycles. The summed E-state index contributed by atoms with van der Waals surface area (Å²) < 4.78 is 32.5. The zero-order valence-electron chi connectivity index (χ0n) is 11.1. The molecule has 1 heterocycles. The maximum Gasteiger partial charge on any atom is 0.247 e. The van der Waals surface area contributed by atoms with E-state index in [-0.39, 0.29) is 0 Å². The van der Waals surface area contributed by atoms with Gasteiger partial charge in [0, 0.05) is 14.9 Å². The Morgan fingerprint density at radius 2 is 1.91 bits per heavy atom. The third-order valence-corrected chi connectivity index (χ3v) is 4.26. The van der Waals surface area contributed by atoms with Crippen LogP contribution in [0.25, 0.3) is 11.5 Å². The van der Waals surface area contributed by atoms with Gasteiger partial charge in [-0.1, -0.05) is 22.0 Å². The Labute approximate surface area is 137 Å². The van der Waals surface area contributed by atoms with Crippen LogP contribution in [-0.4, -0.2) is 10.2 Å². The first-order valence-electron chi connectivity index (χ1n) is 6.28. The van der Waals surface area contributed by atoms with E-state index >= 15 is 0 Å². The summed E-state index contributed by atoms with van der Waals surface area (Å²) in [5, 5.41) is 7.94. The van der Waals surface area contributed by atoms with Gasteiger partial charge in [-0.15, -0.1) is 22.0 Å². The van der Waals surface area contributed by atoms with E-state index in [1.165, 1.54) is 17.8 Å². The number of halogens is 3. The first-order valence-corrected chi connectivity index (χ1v) is 8.06. The molecule has 7 heteroatoms. The summed E-state index contributed by atoms with van der Waals surface area (Å²) in [5.74, 6) is -0.511. The van der Waals surface area contributed by atoms with Gasteiger partial charge in [-0.05, 0) is 36.4 Å². The standard InChI is InChI=1S/C15H9BrF2N2OS/c16-10-3-1-2-9(6-10)15-20-19-14(21-15)8-22-11-4-5-12(17)13(18)7-11/h1-7H,8H2. The molecule has 0 spiro atoms. The Hall–Kier alpha value is -1.73. The van der Waals surface area contributed by atoms with Crippen LogP contribution in [0.5, 0.6) is 0 Å². The van der Waals surface area contributed by atoms with Crippen molar-refractivity contribution in [3.05, 3.63) is 64.5 Å². The predicted octanol–water partition coefficient (Wildman–Crippen LogP) is 5.07. The van der Waals surface area contributed by atoms with Crippen LogP contribution >= 0.6 is 27.7 Å². The lowest BCUT2D eigenvalue weighted by atomic mass is 10.2. The highest BCUT2D eigenvalue weighted by Gasteiger charge is 2.10. The molecule has 0 bridgehead atoms. The second kappa shape index (κ2) is 6.58. The van der Waals surface area contributed by atoms with E-state index in [9.17, 15) is 8.78 Å². The third kappa shape index (κ3) is 3.53. The summed E-state index contributed by atoms with van der Waals surface area (Å²) in [4.78, 5) is 0.598. The molecule has 0 aliphatic rings. The van der Waals surface area contributed by atoms with Crippen LogP contribution in [0.1, 0.15) is 5.89 Å². The molecule has 0 amide bonds. The molecule has 3 nitrogen and oxygen atoms in total. The molecule has 0 N–H and O–H groups in total. The highest BCUT2D eigenvalue weighted by Crippen LogP contribution is 2.26. The summed E-state index contributed by atoms with van der Waals surface area (Å²) in [5.41, 5.74) is 0.811. The monoisotopic (exact) mass is 382 g/mol. The first-order chi connectivity index (χ1) is 10.6. The van der Waals surface area contributed by atoms with Gasteiger partial charge in [0.2, 0.25) is 11.8 Å². The highest BCUT2D eigenvalue weighted by atomic mass is 79.9. The fraction of sp³-hybridized carbons (Fsp3) is 0.0667. The second-order valence-corrected chi connectivity index (χ2v) is 6.34. The van der Waals surface area contributed by atoms with Crippen molar-refractivity contribution in [1.82, 2.24) is 10.2 Å². The van der Waals surface area contributed by atoms with Gasteiger partial charge in [0.25, 0.3) is 0 Å². The number of hydrogen-bond donors (Lipinski definition) is 0. The van der Waals surface area contributed by atoms with Crippen molar-refractivity contribution in [2.75, 3.05) is 0 Å². The number of benzene rings is 2. The van der Waals surface area contributed by atoms with Crippen LogP contribution in [0.2, 0.25) is 0 Å². The lowest BCUT2D eigenvalue weighted by molar-refractivity contribution is 0.505. The molecule has 3 aromatic rings. The van der Waals surface area contributed by atoms with Crippen molar-refractivity contribution in [2.45, 2.75) is 10.6 Å². The van der Waals surface area contributed by atoms with Gasteiger partial charge in [-0.3, -0.25) is 0 Å². The summed E-state index contributed by atoms with van der Waals surface area (Å²) in [6, 6.07) is 11.3. The molecule has 0 fully saturated rings. The molecule has 0 unspecified atom stereocenters. The second-order valence-electron chi connectivity index (χ2n) is 4.38. The van der Waals surface area contributed by atoms with E-state index in [4.69, 9.17) is 4.42 Å². The van der Waals surface area contributed by atoms with Gasteiger partial charge in [-0.25, -0.2) is 8.78 Å². The predicted molar refractivity (Wildman–Crippen MR) is 83.4 cm³/mol. The van der Waals surface area contributed by atoms with E-state index in [0.29, 0.717) is 22.4 Å². The fourth-order valence-electron chi connectivity index (χ4n) is 1.76. The van der Waals surface area contributed by atoms with Crippen molar-refractivity contribution < 1.29 is 13.2 Å². The smallest absolute Gasteiger partial charge is 0.247 e. The summed E-state index contributed by atoms with van der Waals surface area (Å²) >= 11 is 4.68. The number of thioether (sulfide) groups is 1. The average Bonchev–Trinajstić information content (AvgIpc) is 2.97. The molecular weight excluding hydrogens is 374 g/mol. The van der Waals surface area contributed by atoms with Gasteiger partial charge in [0.05, 0.1) is 5.75 Å². The van der Waals surface area contributed by atoms with Crippen LogP contribution in [0.15, 0.2) is 56.2 Å². The molecule has 0 aliphatic carbocycles. The van der Waals surface area contributed by atoms with Gasteiger partial charge >= 0.3 is 0 Å². The molecule has 0 saturated carbocycles. The number of nitrogens with zero attached hydrogens (tertiary/aromatic N) is 2. The van der Waals surface area contributed by atoms with E-state index in [2.05, 4.69) is 26.1 Å². The highest BCUT2D eigenvalue weighted by molar-refractivity contribution is 9.10. The van der Waals surface area contributed by atoms with Crippen LogP contribution in [0, 0.1) is 11.6 Å². The van der Waals surface area contributed by atoms with Crippen molar-refractivity contribution in [3.8, 4) is 11.5 Å². The SMILES string of the molecule is Fc1ccc(SCc2nnc(-c3cccc(Br)c3)o2)cc1F.